The zero-order valence-electron chi connectivity index (χ0n) is 15.7. The highest BCUT2D eigenvalue weighted by Crippen LogP contribution is 2.36. The number of rotatable bonds is 5. The predicted octanol–water partition coefficient (Wildman–Crippen LogP) is 5.12. The molecule has 2 aromatic carbocycles. The van der Waals surface area contributed by atoms with Crippen LogP contribution in [0.2, 0.25) is 5.02 Å². The minimum atomic E-state index is -0.430. The highest BCUT2D eigenvalue weighted by Gasteiger charge is 2.40. The van der Waals surface area contributed by atoms with Crippen molar-refractivity contribution in [3.05, 3.63) is 81.1 Å². The normalized spacial score (nSPS) is 14.0. The summed E-state index contributed by atoms with van der Waals surface area (Å²) < 4.78 is 5.25. The van der Waals surface area contributed by atoms with Crippen LogP contribution in [0, 0.1) is 6.92 Å². The molecular formula is C22H17ClN2O3S. The molecule has 2 heterocycles. The van der Waals surface area contributed by atoms with Crippen LogP contribution in [0.4, 0.5) is 11.4 Å². The number of nitrogens with zero attached hydrogens (tertiary/aromatic N) is 1. The topological polar surface area (TPSA) is 58.6 Å². The average molecular weight is 425 g/mol. The average Bonchev–Trinajstić information content (AvgIpc) is 3.31. The number of hydrogen-bond donors (Lipinski definition) is 1. The van der Waals surface area contributed by atoms with Crippen molar-refractivity contribution in [1.29, 1.82) is 0 Å². The van der Waals surface area contributed by atoms with E-state index in [0.29, 0.717) is 27.7 Å². The first-order valence-corrected chi connectivity index (χ1v) is 10.1. The van der Waals surface area contributed by atoms with E-state index >= 15 is 0 Å². The second-order valence-corrected chi connectivity index (χ2v) is 7.82. The number of methoxy groups -OCH3 is 1. The molecule has 5 nitrogen and oxygen atoms in total. The van der Waals surface area contributed by atoms with E-state index in [4.69, 9.17) is 16.3 Å². The first-order chi connectivity index (χ1) is 14.0. The monoisotopic (exact) mass is 424 g/mol. The number of nitrogens with one attached hydrogen (secondary N) is 1. The Balaban J connectivity index is 1.79. The molecule has 1 aliphatic heterocycles. The van der Waals surface area contributed by atoms with Crippen molar-refractivity contribution in [2.24, 2.45) is 0 Å². The Labute approximate surface area is 177 Å². The second kappa shape index (κ2) is 7.73. The summed E-state index contributed by atoms with van der Waals surface area (Å²) in [5.74, 6) is -0.170. The number of aryl methyl sites for hydroxylation is 1. The quantitative estimate of drug-likeness (QED) is 0.578. The molecule has 0 unspecified atom stereocenters. The molecule has 0 fully saturated rings. The van der Waals surface area contributed by atoms with Crippen LogP contribution in [0.25, 0.3) is 5.57 Å². The Bertz CT molecular complexity index is 1140. The molecule has 0 saturated carbocycles. The van der Waals surface area contributed by atoms with E-state index in [1.54, 1.807) is 31.4 Å². The summed E-state index contributed by atoms with van der Waals surface area (Å²) in [6, 6.07) is 16.0. The highest BCUT2D eigenvalue weighted by molar-refractivity contribution is 7.11. The molecule has 1 N–H and O–H groups in total. The number of anilines is 2. The lowest BCUT2D eigenvalue weighted by Crippen LogP contribution is -2.32. The summed E-state index contributed by atoms with van der Waals surface area (Å²) in [7, 11) is 1.57. The van der Waals surface area contributed by atoms with Gasteiger partial charge < -0.3 is 10.1 Å². The summed E-state index contributed by atoms with van der Waals surface area (Å²) in [6.45, 7) is 1.87. The lowest BCUT2D eigenvalue weighted by atomic mass is 10.1. The number of benzene rings is 2. The van der Waals surface area contributed by atoms with Crippen molar-refractivity contribution >= 4 is 51.7 Å². The zero-order chi connectivity index (χ0) is 20.5. The fourth-order valence-electron chi connectivity index (χ4n) is 3.10. The van der Waals surface area contributed by atoms with Gasteiger partial charge in [-0.2, -0.15) is 0 Å². The number of thiophene rings is 1. The molecule has 0 spiro atoms. The Morgan fingerprint density at radius 1 is 1.03 bits per heavy atom. The zero-order valence-corrected chi connectivity index (χ0v) is 17.3. The van der Waals surface area contributed by atoms with Crippen LogP contribution in [0.3, 0.4) is 0 Å². The smallest absolute Gasteiger partial charge is 0.282 e. The Hall–Kier alpha value is -3.09. The molecular weight excluding hydrogens is 408 g/mol. The van der Waals surface area contributed by atoms with E-state index in [1.807, 2.05) is 42.6 Å². The summed E-state index contributed by atoms with van der Waals surface area (Å²) in [6.07, 6.45) is 0. The van der Waals surface area contributed by atoms with Gasteiger partial charge in [0, 0.05) is 21.7 Å². The number of carbonyl (C=O) groups excluding carboxylic acids is 2. The molecule has 2 amide bonds. The molecule has 0 radical (unpaired) electrons. The summed E-state index contributed by atoms with van der Waals surface area (Å²) >= 11 is 7.64. The molecule has 0 atom stereocenters. The van der Waals surface area contributed by atoms with Crippen LogP contribution < -0.4 is 15.0 Å². The van der Waals surface area contributed by atoms with E-state index < -0.39 is 5.91 Å². The van der Waals surface area contributed by atoms with Crippen molar-refractivity contribution in [2.75, 3.05) is 17.3 Å². The van der Waals surface area contributed by atoms with E-state index in [0.717, 1.165) is 15.3 Å². The van der Waals surface area contributed by atoms with Crippen LogP contribution in [0.15, 0.2) is 65.7 Å². The maximum Gasteiger partial charge on any atom is 0.282 e. The van der Waals surface area contributed by atoms with Gasteiger partial charge >= 0.3 is 0 Å². The minimum absolute atomic E-state index is 0.224. The Morgan fingerprint density at radius 2 is 1.86 bits per heavy atom. The van der Waals surface area contributed by atoms with Gasteiger partial charge in [0.05, 0.1) is 18.4 Å². The standard InChI is InChI=1S/C22H17ClN2O3S/c1-13-8-9-15(12-17(13)23)25-21(26)19(18-7-4-10-29-18)20(22(25)27)24-14-5-3-6-16(11-14)28-2/h3-12,24H,1-2H3. The third-order valence-corrected chi connectivity index (χ3v) is 5.90. The van der Waals surface area contributed by atoms with Gasteiger partial charge in [-0.1, -0.05) is 29.8 Å². The number of ether oxygens (including phenoxy) is 1. The van der Waals surface area contributed by atoms with Crippen LogP contribution in [-0.2, 0) is 9.59 Å². The van der Waals surface area contributed by atoms with Crippen LogP contribution in [0.5, 0.6) is 5.75 Å². The summed E-state index contributed by atoms with van der Waals surface area (Å²) in [5, 5.41) is 5.49. The van der Waals surface area contributed by atoms with Crippen molar-refractivity contribution < 1.29 is 14.3 Å². The van der Waals surface area contributed by atoms with E-state index in [2.05, 4.69) is 5.32 Å². The number of imide groups is 1. The molecule has 1 aliphatic rings. The fourth-order valence-corrected chi connectivity index (χ4v) is 4.04. The second-order valence-electron chi connectivity index (χ2n) is 6.46. The highest BCUT2D eigenvalue weighted by atomic mass is 35.5. The van der Waals surface area contributed by atoms with Crippen molar-refractivity contribution in [3.8, 4) is 5.75 Å². The fraction of sp³-hybridized carbons (Fsp3) is 0.0909. The largest absolute Gasteiger partial charge is 0.497 e. The van der Waals surface area contributed by atoms with Crippen LogP contribution >= 0.6 is 22.9 Å². The van der Waals surface area contributed by atoms with Gasteiger partial charge in [0.25, 0.3) is 11.8 Å². The van der Waals surface area contributed by atoms with Crippen molar-refractivity contribution in [3.63, 3.8) is 0 Å². The molecule has 0 bridgehead atoms. The first kappa shape index (κ1) is 19.2. The number of amides is 2. The third-order valence-electron chi connectivity index (χ3n) is 4.60. The molecule has 7 heteroatoms. The molecule has 4 rings (SSSR count). The van der Waals surface area contributed by atoms with Crippen LogP contribution in [-0.4, -0.2) is 18.9 Å². The van der Waals surface area contributed by atoms with Crippen LogP contribution in [0.1, 0.15) is 10.4 Å². The van der Waals surface area contributed by atoms with E-state index in [-0.39, 0.29) is 11.6 Å². The lowest BCUT2D eigenvalue weighted by Gasteiger charge is -2.16. The molecule has 3 aromatic rings. The molecule has 0 aliphatic carbocycles. The number of halogens is 1. The first-order valence-electron chi connectivity index (χ1n) is 8.83. The van der Waals surface area contributed by atoms with Crippen molar-refractivity contribution in [1.82, 2.24) is 0 Å². The summed E-state index contributed by atoms with van der Waals surface area (Å²) in [4.78, 5) is 28.4. The summed E-state index contributed by atoms with van der Waals surface area (Å²) in [5.41, 5.74) is 2.52. The predicted molar refractivity (Wildman–Crippen MR) is 117 cm³/mol. The van der Waals surface area contributed by atoms with E-state index in [1.165, 1.54) is 11.3 Å². The van der Waals surface area contributed by atoms with Gasteiger partial charge in [-0.3, -0.25) is 9.59 Å². The number of carbonyl (C=O) groups is 2. The maximum atomic E-state index is 13.3. The minimum Gasteiger partial charge on any atom is -0.497 e. The SMILES string of the molecule is COc1cccc(NC2=C(c3cccs3)C(=O)N(c3ccc(C)c(Cl)c3)C2=O)c1. The molecule has 146 valence electrons. The molecule has 29 heavy (non-hydrogen) atoms. The Kier molecular flexibility index (Phi) is 5.13. The molecule has 0 saturated heterocycles. The maximum absolute atomic E-state index is 13.3. The van der Waals surface area contributed by atoms with Gasteiger partial charge in [-0.25, -0.2) is 4.90 Å². The van der Waals surface area contributed by atoms with Gasteiger partial charge in [0.15, 0.2) is 0 Å². The number of hydrogen-bond acceptors (Lipinski definition) is 5. The Morgan fingerprint density at radius 3 is 2.55 bits per heavy atom. The molecule has 1 aromatic heterocycles. The van der Waals surface area contributed by atoms with Gasteiger partial charge in [0.1, 0.15) is 11.4 Å². The van der Waals surface area contributed by atoms with E-state index in [9.17, 15) is 9.59 Å². The van der Waals surface area contributed by atoms with Gasteiger partial charge in [-0.05, 0) is 48.2 Å². The third kappa shape index (κ3) is 3.52. The van der Waals surface area contributed by atoms with Gasteiger partial charge in [0.2, 0.25) is 0 Å². The lowest BCUT2D eigenvalue weighted by molar-refractivity contribution is -0.120. The van der Waals surface area contributed by atoms with Gasteiger partial charge in [-0.15, -0.1) is 11.3 Å². The van der Waals surface area contributed by atoms with Crippen molar-refractivity contribution in [2.45, 2.75) is 6.92 Å².